The Morgan fingerprint density at radius 1 is 1.03 bits per heavy atom. The zero-order chi connectivity index (χ0) is 23.6. The second-order valence-electron chi connectivity index (χ2n) is 9.31. The number of aliphatic carboxylic acids is 1. The van der Waals surface area contributed by atoms with Gasteiger partial charge in [-0.05, 0) is 47.4 Å². The minimum atomic E-state index is -1.16. The minimum absolute atomic E-state index is 0.00308. The van der Waals surface area contributed by atoms with Crippen LogP contribution in [0.15, 0.2) is 48.5 Å². The summed E-state index contributed by atoms with van der Waals surface area (Å²) in [5, 5.41) is 14.9. The van der Waals surface area contributed by atoms with Crippen molar-refractivity contribution in [3.05, 3.63) is 59.7 Å². The van der Waals surface area contributed by atoms with E-state index >= 15 is 0 Å². The fourth-order valence-corrected chi connectivity index (χ4v) is 4.69. The van der Waals surface area contributed by atoms with Crippen LogP contribution in [0.25, 0.3) is 11.1 Å². The summed E-state index contributed by atoms with van der Waals surface area (Å²) in [6.45, 7) is 4.00. The first kappa shape index (κ1) is 22.8. The third-order valence-corrected chi connectivity index (χ3v) is 6.85. The number of benzene rings is 2. The molecule has 0 bridgehead atoms. The summed E-state index contributed by atoms with van der Waals surface area (Å²) >= 11 is 0. The molecule has 2 amide bonds. The number of carbonyl (C=O) groups excluding carboxylic acids is 2. The van der Waals surface area contributed by atoms with Crippen molar-refractivity contribution in [3.63, 3.8) is 0 Å². The summed E-state index contributed by atoms with van der Waals surface area (Å²) in [4.78, 5) is 36.7. The summed E-state index contributed by atoms with van der Waals surface area (Å²) in [5.41, 5.74) is 3.41. The Morgan fingerprint density at radius 3 is 2.09 bits per heavy atom. The Kier molecular flexibility index (Phi) is 6.40. The van der Waals surface area contributed by atoms with E-state index in [1.54, 1.807) is 0 Å². The minimum Gasteiger partial charge on any atom is -0.480 e. The van der Waals surface area contributed by atoms with Crippen LogP contribution >= 0.6 is 0 Å². The van der Waals surface area contributed by atoms with Crippen molar-refractivity contribution in [2.75, 3.05) is 6.61 Å². The summed E-state index contributed by atoms with van der Waals surface area (Å²) in [6, 6.07) is 15.8. The number of fused-ring (bicyclic) bond motifs is 3. The molecule has 0 spiro atoms. The number of ether oxygens (including phenoxy) is 1. The Bertz CT molecular complexity index is 1010. The van der Waals surface area contributed by atoms with Crippen LogP contribution in [-0.2, 0) is 14.3 Å². The van der Waals surface area contributed by atoms with E-state index in [4.69, 9.17) is 4.74 Å². The number of carboxylic acid groups (broad SMARTS) is 1. The molecule has 7 heteroatoms. The molecule has 0 saturated heterocycles. The second-order valence-corrected chi connectivity index (χ2v) is 9.31. The van der Waals surface area contributed by atoms with E-state index in [-0.39, 0.29) is 30.8 Å². The Balaban J connectivity index is 1.36. The van der Waals surface area contributed by atoms with Gasteiger partial charge in [-0.1, -0.05) is 62.4 Å². The fourth-order valence-electron chi connectivity index (χ4n) is 4.69. The summed E-state index contributed by atoms with van der Waals surface area (Å²) in [6.07, 6.45) is 1.05. The number of hydrogen-bond acceptors (Lipinski definition) is 4. The molecule has 2 aliphatic rings. The molecule has 2 aromatic rings. The van der Waals surface area contributed by atoms with Crippen LogP contribution in [0.5, 0.6) is 0 Å². The second kappa shape index (κ2) is 9.25. The molecule has 0 heterocycles. The van der Waals surface area contributed by atoms with Crippen LogP contribution in [0.3, 0.4) is 0 Å². The largest absolute Gasteiger partial charge is 0.480 e. The van der Waals surface area contributed by atoms with E-state index in [2.05, 4.69) is 34.9 Å². The van der Waals surface area contributed by atoms with Crippen molar-refractivity contribution in [1.82, 2.24) is 10.6 Å². The van der Waals surface area contributed by atoms with Crippen LogP contribution in [0.2, 0.25) is 0 Å². The van der Waals surface area contributed by atoms with E-state index in [9.17, 15) is 19.5 Å². The van der Waals surface area contributed by atoms with Gasteiger partial charge in [-0.15, -0.1) is 0 Å². The zero-order valence-corrected chi connectivity index (χ0v) is 19.0. The van der Waals surface area contributed by atoms with Gasteiger partial charge in [0.1, 0.15) is 12.1 Å². The maximum atomic E-state index is 12.6. The van der Waals surface area contributed by atoms with Crippen LogP contribution < -0.4 is 10.6 Å². The number of hydrogen-bond donors (Lipinski definition) is 3. The number of carboxylic acids is 1. The van der Waals surface area contributed by atoms with Gasteiger partial charge >= 0.3 is 12.1 Å². The highest BCUT2D eigenvalue weighted by Gasteiger charge is 2.45. The first-order valence-electron chi connectivity index (χ1n) is 11.5. The zero-order valence-electron chi connectivity index (χ0n) is 19.0. The van der Waals surface area contributed by atoms with Crippen molar-refractivity contribution >= 4 is 18.0 Å². The maximum absolute atomic E-state index is 12.6. The van der Waals surface area contributed by atoms with Crippen molar-refractivity contribution in [2.45, 2.75) is 57.0 Å². The smallest absolute Gasteiger partial charge is 0.407 e. The van der Waals surface area contributed by atoms with Gasteiger partial charge < -0.3 is 20.5 Å². The van der Waals surface area contributed by atoms with Gasteiger partial charge in [0.05, 0.1) is 0 Å². The molecular weight excluding hydrogens is 420 g/mol. The molecule has 3 N–H and O–H groups in total. The SMILES string of the molecule is CC(C)C(CC(=O)NC1(C(=O)O)CCC1)NC(=O)OCC1c2ccccc2-c2ccccc21. The Hall–Kier alpha value is -3.35. The highest BCUT2D eigenvalue weighted by Crippen LogP contribution is 2.44. The molecular formula is C26H30N2O5. The van der Waals surface area contributed by atoms with Gasteiger partial charge in [0, 0.05) is 18.4 Å². The lowest BCUT2D eigenvalue weighted by atomic mass is 9.76. The van der Waals surface area contributed by atoms with Crippen molar-refractivity contribution < 1.29 is 24.2 Å². The summed E-state index contributed by atoms with van der Waals surface area (Å²) in [7, 11) is 0. The van der Waals surface area contributed by atoms with Crippen molar-refractivity contribution in [1.29, 1.82) is 0 Å². The first-order valence-corrected chi connectivity index (χ1v) is 11.5. The number of amides is 2. The molecule has 1 atom stereocenters. The van der Waals surface area contributed by atoms with E-state index in [1.165, 1.54) is 0 Å². The molecule has 1 unspecified atom stereocenters. The first-order chi connectivity index (χ1) is 15.8. The number of alkyl carbamates (subject to hydrolysis) is 1. The van der Waals surface area contributed by atoms with E-state index < -0.39 is 23.6 Å². The van der Waals surface area contributed by atoms with E-state index in [0.29, 0.717) is 12.8 Å². The molecule has 0 aromatic heterocycles. The number of rotatable bonds is 8. The maximum Gasteiger partial charge on any atom is 0.407 e. The molecule has 1 fully saturated rings. The molecule has 0 radical (unpaired) electrons. The predicted octanol–water partition coefficient (Wildman–Crippen LogP) is 4.06. The van der Waals surface area contributed by atoms with E-state index in [1.807, 2.05) is 38.1 Å². The van der Waals surface area contributed by atoms with Crippen LogP contribution in [0, 0.1) is 5.92 Å². The van der Waals surface area contributed by atoms with Crippen molar-refractivity contribution in [2.24, 2.45) is 5.92 Å². The fraction of sp³-hybridized carbons (Fsp3) is 0.423. The predicted molar refractivity (Wildman–Crippen MR) is 124 cm³/mol. The molecule has 7 nitrogen and oxygen atoms in total. The molecule has 4 rings (SSSR count). The third kappa shape index (κ3) is 4.58. The summed E-state index contributed by atoms with van der Waals surface area (Å²) < 4.78 is 5.60. The number of nitrogens with one attached hydrogen (secondary N) is 2. The van der Waals surface area contributed by atoms with Crippen LogP contribution in [-0.4, -0.2) is 41.3 Å². The van der Waals surface area contributed by atoms with Crippen LogP contribution in [0.1, 0.15) is 56.6 Å². The van der Waals surface area contributed by atoms with E-state index in [0.717, 1.165) is 28.7 Å². The topological polar surface area (TPSA) is 105 Å². The van der Waals surface area contributed by atoms with Gasteiger partial charge in [-0.3, -0.25) is 4.79 Å². The van der Waals surface area contributed by atoms with Crippen LogP contribution in [0.4, 0.5) is 4.79 Å². The summed E-state index contributed by atoms with van der Waals surface area (Å²) in [5.74, 6) is -1.46. The monoisotopic (exact) mass is 450 g/mol. The molecule has 1 saturated carbocycles. The Labute approximate surface area is 193 Å². The lowest BCUT2D eigenvalue weighted by Gasteiger charge is -2.38. The van der Waals surface area contributed by atoms with Gasteiger partial charge in [-0.25, -0.2) is 9.59 Å². The average molecular weight is 451 g/mol. The highest BCUT2D eigenvalue weighted by atomic mass is 16.5. The van der Waals surface area contributed by atoms with Gasteiger partial charge in [0.2, 0.25) is 5.91 Å². The molecule has 33 heavy (non-hydrogen) atoms. The van der Waals surface area contributed by atoms with Gasteiger partial charge in [0.15, 0.2) is 0 Å². The molecule has 174 valence electrons. The molecule has 2 aliphatic carbocycles. The normalized spacial score (nSPS) is 16.8. The number of carbonyl (C=O) groups is 3. The van der Waals surface area contributed by atoms with Crippen molar-refractivity contribution in [3.8, 4) is 11.1 Å². The van der Waals surface area contributed by atoms with Gasteiger partial charge in [-0.2, -0.15) is 0 Å². The third-order valence-electron chi connectivity index (χ3n) is 6.85. The quantitative estimate of drug-likeness (QED) is 0.563. The average Bonchev–Trinajstić information content (AvgIpc) is 3.08. The lowest BCUT2D eigenvalue weighted by Crippen LogP contribution is -2.60. The standard InChI is InChI=1S/C26H30N2O5/c1-16(2)22(14-23(29)28-26(24(30)31)12-7-13-26)27-25(32)33-15-21-19-10-5-3-8-17(19)18-9-4-6-11-20(18)21/h3-6,8-11,16,21-22H,7,12-15H2,1-2H3,(H,27,32)(H,28,29)(H,30,31). The molecule has 0 aliphatic heterocycles. The van der Waals surface area contributed by atoms with Gasteiger partial charge in [0.25, 0.3) is 0 Å². The lowest BCUT2D eigenvalue weighted by molar-refractivity contribution is -0.151. The molecule has 2 aromatic carbocycles. The Morgan fingerprint density at radius 2 is 1.61 bits per heavy atom. The highest BCUT2D eigenvalue weighted by molar-refractivity contribution is 5.88.